The van der Waals surface area contributed by atoms with E-state index in [9.17, 15) is 15.0 Å². The van der Waals surface area contributed by atoms with Gasteiger partial charge in [0.2, 0.25) is 0 Å². The first-order valence-corrected chi connectivity index (χ1v) is 10.1. The summed E-state index contributed by atoms with van der Waals surface area (Å²) in [6, 6.07) is 0. The molecule has 0 aromatic rings. The minimum atomic E-state index is -1.10. The lowest BCUT2D eigenvalue weighted by atomic mass is 9.97. The molecule has 0 aliphatic carbocycles. The third-order valence-electron chi connectivity index (χ3n) is 5.23. The predicted molar refractivity (Wildman–Crippen MR) is 100.0 cm³/mol. The summed E-state index contributed by atoms with van der Waals surface area (Å²) in [5.41, 5.74) is -1.10. The van der Waals surface area contributed by atoms with E-state index in [0.717, 1.165) is 32.1 Å². The fraction of sp³-hybridized carbons (Fsp3) is 0.950. The molecule has 6 heteroatoms. The van der Waals surface area contributed by atoms with Crippen molar-refractivity contribution in [3.05, 3.63) is 0 Å². The molecule has 26 heavy (non-hydrogen) atoms. The predicted octanol–water partition coefficient (Wildman–Crippen LogP) is 2.22. The summed E-state index contributed by atoms with van der Waals surface area (Å²) in [5, 5.41) is 28.8. The van der Waals surface area contributed by atoms with Crippen molar-refractivity contribution in [1.82, 2.24) is 0 Å². The number of unbranched alkanes of at least 4 members (excludes halogenated alkanes) is 7. The molecule has 0 bridgehead atoms. The van der Waals surface area contributed by atoms with Crippen molar-refractivity contribution < 1.29 is 29.6 Å². The van der Waals surface area contributed by atoms with Crippen LogP contribution >= 0.6 is 0 Å². The van der Waals surface area contributed by atoms with Gasteiger partial charge in [-0.2, -0.15) is 0 Å². The van der Waals surface area contributed by atoms with Gasteiger partial charge >= 0.3 is 0 Å². The highest BCUT2D eigenvalue weighted by molar-refractivity contribution is 5.80. The largest absolute Gasteiger partial charge is 0.394 e. The molecular formula is C20H38O6. The maximum atomic E-state index is 11.5. The summed E-state index contributed by atoms with van der Waals surface area (Å²) >= 11 is 0. The molecular weight excluding hydrogens is 336 g/mol. The zero-order valence-corrected chi connectivity index (χ0v) is 16.5. The van der Waals surface area contributed by atoms with E-state index in [1.165, 1.54) is 19.3 Å². The topological polar surface area (TPSA) is 96.2 Å². The van der Waals surface area contributed by atoms with Crippen LogP contribution < -0.4 is 0 Å². The first kappa shape index (κ1) is 23.5. The Morgan fingerprint density at radius 2 is 1.65 bits per heavy atom. The molecule has 1 heterocycles. The molecule has 1 rings (SSSR count). The van der Waals surface area contributed by atoms with Crippen LogP contribution in [0.3, 0.4) is 0 Å². The van der Waals surface area contributed by atoms with E-state index in [1.54, 1.807) is 0 Å². The summed E-state index contributed by atoms with van der Waals surface area (Å²) in [6.45, 7) is 3.90. The molecule has 1 fully saturated rings. The number of ketones is 1. The van der Waals surface area contributed by atoms with Crippen molar-refractivity contribution >= 4 is 5.78 Å². The molecule has 3 N–H and O–H groups in total. The van der Waals surface area contributed by atoms with Crippen LogP contribution in [-0.4, -0.2) is 65.3 Å². The Bertz CT molecular complexity index is 386. The number of aliphatic hydroxyl groups excluding tert-OH is 3. The van der Waals surface area contributed by atoms with Crippen molar-refractivity contribution in [3.8, 4) is 0 Å². The van der Waals surface area contributed by atoms with Crippen LogP contribution in [0.2, 0.25) is 0 Å². The molecule has 0 radical (unpaired) electrons. The first-order valence-electron chi connectivity index (χ1n) is 10.1. The van der Waals surface area contributed by atoms with Gasteiger partial charge in [0.05, 0.1) is 19.8 Å². The highest BCUT2D eigenvalue weighted by Gasteiger charge is 2.49. The number of rotatable bonds is 15. The van der Waals surface area contributed by atoms with Gasteiger partial charge < -0.3 is 24.8 Å². The van der Waals surface area contributed by atoms with Crippen LogP contribution in [0.1, 0.15) is 71.6 Å². The first-order chi connectivity index (χ1) is 12.5. The number of hydrogen-bond donors (Lipinski definition) is 3. The smallest absolute Gasteiger partial charge is 0.143 e. The number of hydrogen-bond acceptors (Lipinski definition) is 6. The van der Waals surface area contributed by atoms with Crippen molar-refractivity contribution in [1.29, 1.82) is 0 Å². The number of carbonyl (C=O) groups excluding carboxylic acids is 1. The normalized spacial score (nSPS) is 25.9. The summed E-state index contributed by atoms with van der Waals surface area (Å²) < 4.78 is 11.0. The fourth-order valence-corrected chi connectivity index (χ4v) is 3.25. The maximum absolute atomic E-state index is 11.5. The average Bonchev–Trinajstić information content (AvgIpc) is 2.95. The molecule has 2 unspecified atom stereocenters. The van der Waals surface area contributed by atoms with Crippen LogP contribution in [0, 0.1) is 5.92 Å². The van der Waals surface area contributed by atoms with Crippen LogP contribution in [0.25, 0.3) is 0 Å². The molecule has 0 amide bonds. The maximum Gasteiger partial charge on any atom is 0.143 e. The van der Waals surface area contributed by atoms with E-state index in [1.807, 2.05) is 13.8 Å². The van der Waals surface area contributed by atoms with E-state index in [0.29, 0.717) is 18.8 Å². The van der Waals surface area contributed by atoms with Gasteiger partial charge in [-0.1, -0.05) is 52.4 Å². The lowest BCUT2D eigenvalue weighted by Crippen LogP contribution is -2.50. The Kier molecular flexibility index (Phi) is 11.6. The summed E-state index contributed by atoms with van der Waals surface area (Å²) in [7, 11) is 0. The zero-order valence-electron chi connectivity index (χ0n) is 16.5. The number of Topliss-reactive ketones (excluding diaryl/α,β-unsaturated/α-hetero) is 1. The molecule has 0 spiro atoms. The molecule has 0 aromatic carbocycles. The third kappa shape index (κ3) is 7.61. The SMILES string of the molecule is CC(C)C(=O)CCCCCCCCCCOC1(CO)CO[C@H](CO)C1O. The van der Waals surface area contributed by atoms with Crippen LogP contribution in [-0.2, 0) is 14.3 Å². The summed E-state index contributed by atoms with van der Waals surface area (Å²) in [5.74, 6) is 0.530. The molecule has 154 valence electrons. The monoisotopic (exact) mass is 374 g/mol. The summed E-state index contributed by atoms with van der Waals surface area (Å²) in [6.07, 6.45) is 7.79. The second kappa shape index (κ2) is 12.8. The number of aliphatic hydroxyl groups is 3. The molecule has 1 aliphatic rings. The lowest BCUT2D eigenvalue weighted by Gasteiger charge is -2.30. The van der Waals surface area contributed by atoms with E-state index in [2.05, 4.69) is 0 Å². The molecule has 1 saturated heterocycles. The minimum absolute atomic E-state index is 0.106. The van der Waals surface area contributed by atoms with Crippen LogP contribution in [0.4, 0.5) is 0 Å². The highest BCUT2D eigenvalue weighted by Crippen LogP contribution is 2.28. The van der Waals surface area contributed by atoms with Crippen molar-refractivity contribution in [2.24, 2.45) is 5.92 Å². The second-order valence-electron chi connectivity index (χ2n) is 7.75. The molecule has 0 aromatic heterocycles. The van der Waals surface area contributed by atoms with Gasteiger partial charge in [0, 0.05) is 18.9 Å². The quantitative estimate of drug-likeness (QED) is 0.380. The average molecular weight is 375 g/mol. The van der Waals surface area contributed by atoms with E-state index >= 15 is 0 Å². The summed E-state index contributed by atoms with van der Waals surface area (Å²) in [4.78, 5) is 11.5. The van der Waals surface area contributed by atoms with Gasteiger partial charge in [0.15, 0.2) is 0 Å². The van der Waals surface area contributed by atoms with Crippen molar-refractivity contribution in [2.45, 2.75) is 89.4 Å². The van der Waals surface area contributed by atoms with Gasteiger partial charge in [-0.15, -0.1) is 0 Å². The molecule has 1 aliphatic heterocycles. The molecule has 0 saturated carbocycles. The Morgan fingerprint density at radius 3 is 2.15 bits per heavy atom. The minimum Gasteiger partial charge on any atom is -0.394 e. The van der Waals surface area contributed by atoms with Gasteiger partial charge in [-0.3, -0.25) is 4.79 Å². The highest BCUT2D eigenvalue weighted by atomic mass is 16.6. The van der Waals surface area contributed by atoms with Gasteiger partial charge in [0.1, 0.15) is 23.6 Å². The van der Waals surface area contributed by atoms with Crippen LogP contribution in [0.5, 0.6) is 0 Å². The van der Waals surface area contributed by atoms with Gasteiger partial charge in [-0.05, 0) is 12.8 Å². The molecule has 3 atom stereocenters. The van der Waals surface area contributed by atoms with Gasteiger partial charge in [0.25, 0.3) is 0 Å². The van der Waals surface area contributed by atoms with Crippen LogP contribution in [0.15, 0.2) is 0 Å². The van der Waals surface area contributed by atoms with Gasteiger partial charge in [-0.25, -0.2) is 0 Å². The Hall–Kier alpha value is -0.530. The standard InChI is InChI=1S/C20H38O6/c1-16(2)17(23)11-9-7-5-3-4-6-8-10-12-26-20(14-22)15-25-18(13-21)19(20)24/h16,18-19,21-22,24H,3-15H2,1-2H3/t18-,19?,20?/m1/s1. The third-order valence-corrected chi connectivity index (χ3v) is 5.23. The Labute approximate surface area is 157 Å². The zero-order chi connectivity index (χ0) is 19.4. The molecule has 6 nitrogen and oxygen atoms in total. The second-order valence-corrected chi connectivity index (χ2v) is 7.75. The Balaban J connectivity index is 1.98. The number of carbonyl (C=O) groups is 1. The van der Waals surface area contributed by atoms with E-state index in [4.69, 9.17) is 14.6 Å². The number of ether oxygens (including phenoxy) is 2. The van der Waals surface area contributed by atoms with Crippen molar-refractivity contribution in [2.75, 3.05) is 26.4 Å². The Morgan fingerprint density at radius 1 is 1.08 bits per heavy atom. The van der Waals surface area contributed by atoms with E-state index < -0.39 is 17.8 Å². The van der Waals surface area contributed by atoms with Crippen molar-refractivity contribution in [3.63, 3.8) is 0 Å². The lowest BCUT2D eigenvalue weighted by molar-refractivity contribution is -0.130. The fourth-order valence-electron chi connectivity index (χ4n) is 3.25. The van der Waals surface area contributed by atoms with E-state index in [-0.39, 0.29) is 25.7 Å².